The summed E-state index contributed by atoms with van der Waals surface area (Å²) in [5, 5.41) is 5.54. The molecule has 38 heavy (non-hydrogen) atoms. The first kappa shape index (κ1) is 28.9. The van der Waals surface area contributed by atoms with E-state index in [4.69, 9.17) is 9.47 Å². The number of fused-ring (bicyclic) bond motifs is 1. The number of amides is 4. The fraction of sp³-hybridized carbons (Fsp3) is 0.464. The molecule has 0 aliphatic carbocycles. The molecule has 2 aromatic carbocycles. The maximum Gasteiger partial charge on any atom is 0.323 e. The van der Waals surface area contributed by atoms with Crippen LogP contribution in [0, 0.1) is 5.92 Å². The standard InChI is InChI=1S/C28H39N5O5/c1-19-15-33(26(34)17-31(3)4)20(2)18-38-24-13-12-22(30-28(36)29-21-10-8-7-9-11-21)14-23(24)27(35)32(5)16-25(19)37-6/h7-14,19-20,25H,15-18H2,1-6H3,(H2,29,30,36)/t19-,20+,25-/m0/s1. The van der Waals surface area contributed by atoms with Crippen LogP contribution in [-0.4, -0.2) is 99.2 Å². The number of hydrogen-bond donors (Lipinski definition) is 2. The van der Waals surface area contributed by atoms with Crippen LogP contribution in [0.1, 0.15) is 24.2 Å². The minimum Gasteiger partial charge on any atom is -0.491 e. The maximum absolute atomic E-state index is 13.5. The molecule has 1 aliphatic rings. The van der Waals surface area contributed by atoms with Crippen LogP contribution in [0.2, 0.25) is 0 Å². The number of likely N-dealkylation sites (N-methyl/N-ethyl adjacent to an activating group) is 2. The molecule has 0 radical (unpaired) electrons. The molecule has 10 nitrogen and oxygen atoms in total. The molecule has 0 fully saturated rings. The highest BCUT2D eigenvalue weighted by Crippen LogP contribution is 2.26. The number of urea groups is 1. The second-order valence-corrected chi connectivity index (χ2v) is 10.0. The van der Waals surface area contributed by atoms with Gasteiger partial charge in [-0.3, -0.25) is 9.59 Å². The molecule has 0 aromatic heterocycles. The Morgan fingerprint density at radius 2 is 1.74 bits per heavy atom. The van der Waals surface area contributed by atoms with Crippen LogP contribution in [0.5, 0.6) is 5.75 Å². The van der Waals surface area contributed by atoms with Gasteiger partial charge >= 0.3 is 6.03 Å². The Bertz CT molecular complexity index is 1110. The van der Waals surface area contributed by atoms with E-state index in [-0.39, 0.29) is 43.0 Å². The van der Waals surface area contributed by atoms with Crippen molar-refractivity contribution in [3.8, 4) is 5.75 Å². The highest BCUT2D eigenvalue weighted by atomic mass is 16.5. The Morgan fingerprint density at radius 3 is 2.39 bits per heavy atom. The number of nitrogens with zero attached hydrogens (tertiary/aromatic N) is 3. The first-order valence-corrected chi connectivity index (χ1v) is 12.7. The first-order valence-electron chi connectivity index (χ1n) is 12.7. The highest BCUT2D eigenvalue weighted by Gasteiger charge is 2.30. The molecular formula is C28H39N5O5. The Kier molecular flexibility index (Phi) is 10.1. The minimum atomic E-state index is -0.428. The zero-order chi connectivity index (χ0) is 27.8. The summed E-state index contributed by atoms with van der Waals surface area (Å²) in [6, 6.07) is 13.4. The Labute approximate surface area is 224 Å². The molecule has 1 aliphatic heterocycles. The van der Waals surface area contributed by atoms with Gasteiger partial charge in [0.1, 0.15) is 12.4 Å². The zero-order valence-corrected chi connectivity index (χ0v) is 23.1. The number of methoxy groups -OCH3 is 1. The van der Waals surface area contributed by atoms with Crippen LogP contribution in [0.25, 0.3) is 0 Å². The molecular weight excluding hydrogens is 486 g/mol. The number of ether oxygens (including phenoxy) is 2. The van der Waals surface area contributed by atoms with Crippen molar-refractivity contribution in [2.24, 2.45) is 5.92 Å². The van der Waals surface area contributed by atoms with Crippen molar-refractivity contribution in [2.75, 3.05) is 65.1 Å². The number of nitrogens with one attached hydrogen (secondary N) is 2. The summed E-state index contributed by atoms with van der Waals surface area (Å²) in [7, 11) is 7.04. The molecule has 3 atom stereocenters. The van der Waals surface area contributed by atoms with Crippen molar-refractivity contribution in [2.45, 2.75) is 26.0 Å². The minimum absolute atomic E-state index is 0.00140. The third-order valence-corrected chi connectivity index (χ3v) is 6.51. The number of carbonyl (C=O) groups excluding carboxylic acids is 3. The topological polar surface area (TPSA) is 103 Å². The van der Waals surface area contributed by atoms with Gasteiger partial charge in [0.2, 0.25) is 5.91 Å². The molecule has 2 N–H and O–H groups in total. The summed E-state index contributed by atoms with van der Waals surface area (Å²) in [6.45, 7) is 5.24. The van der Waals surface area contributed by atoms with Gasteiger partial charge in [0.15, 0.2) is 0 Å². The average molecular weight is 526 g/mol. The van der Waals surface area contributed by atoms with E-state index in [9.17, 15) is 14.4 Å². The summed E-state index contributed by atoms with van der Waals surface area (Å²) in [5.41, 5.74) is 1.41. The number of benzene rings is 2. The van der Waals surface area contributed by atoms with E-state index < -0.39 is 6.03 Å². The van der Waals surface area contributed by atoms with Gasteiger partial charge in [-0.2, -0.15) is 0 Å². The van der Waals surface area contributed by atoms with Crippen molar-refractivity contribution >= 4 is 29.2 Å². The zero-order valence-electron chi connectivity index (χ0n) is 23.1. The van der Waals surface area contributed by atoms with Gasteiger partial charge in [0.25, 0.3) is 5.91 Å². The van der Waals surface area contributed by atoms with Crippen molar-refractivity contribution in [1.29, 1.82) is 0 Å². The molecule has 10 heteroatoms. The third-order valence-electron chi connectivity index (χ3n) is 6.51. The summed E-state index contributed by atoms with van der Waals surface area (Å²) in [6.07, 6.45) is -0.285. The van der Waals surface area contributed by atoms with Gasteiger partial charge in [-0.1, -0.05) is 25.1 Å². The van der Waals surface area contributed by atoms with Gasteiger partial charge in [-0.05, 0) is 51.4 Å². The maximum atomic E-state index is 13.5. The Morgan fingerprint density at radius 1 is 1.05 bits per heavy atom. The van der Waals surface area contributed by atoms with E-state index in [1.54, 1.807) is 49.4 Å². The van der Waals surface area contributed by atoms with Gasteiger partial charge < -0.3 is 34.8 Å². The second-order valence-electron chi connectivity index (χ2n) is 10.0. The lowest BCUT2D eigenvalue weighted by atomic mass is 10.0. The second kappa shape index (κ2) is 13.3. The van der Waals surface area contributed by atoms with Crippen LogP contribution < -0.4 is 15.4 Å². The molecule has 0 saturated carbocycles. The largest absolute Gasteiger partial charge is 0.491 e. The lowest BCUT2D eigenvalue weighted by Gasteiger charge is -2.36. The number of rotatable bonds is 5. The molecule has 3 rings (SSSR count). The highest BCUT2D eigenvalue weighted by molar-refractivity contribution is 6.02. The lowest BCUT2D eigenvalue weighted by molar-refractivity contribution is -0.136. The Balaban J connectivity index is 1.89. The molecule has 1 heterocycles. The van der Waals surface area contributed by atoms with Gasteiger partial charge in [0, 0.05) is 44.5 Å². The summed E-state index contributed by atoms with van der Waals surface area (Å²) < 4.78 is 11.9. The summed E-state index contributed by atoms with van der Waals surface area (Å²) in [4.78, 5) is 44.4. The van der Waals surface area contributed by atoms with Gasteiger partial charge in [0.05, 0.1) is 24.3 Å². The van der Waals surface area contributed by atoms with Crippen molar-refractivity contribution in [1.82, 2.24) is 14.7 Å². The van der Waals surface area contributed by atoms with Gasteiger partial charge in [-0.15, -0.1) is 0 Å². The quantitative estimate of drug-likeness (QED) is 0.621. The van der Waals surface area contributed by atoms with Crippen molar-refractivity contribution in [3.63, 3.8) is 0 Å². The average Bonchev–Trinajstić information content (AvgIpc) is 2.88. The number of anilines is 2. The van der Waals surface area contributed by atoms with Crippen molar-refractivity contribution in [3.05, 3.63) is 54.1 Å². The number of hydrogen-bond acceptors (Lipinski definition) is 6. The van der Waals surface area contributed by atoms with E-state index >= 15 is 0 Å². The molecule has 0 bridgehead atoms. The smallest absolute Gasteiger partial charge is 0.323 e. The van der Waals surface area contributed by atoms with Gasteiger partial charge in [-0.25, -0.2) is 4.79 Å². The lowest BCUT2D eigenvalue weighted by Crippen LogP contribution is -2.50. The Hall–Kier alpha value is -3.63. The fourth-order valence-electron chi connectivity index (χ4n) is 4.38. The van der Waals surface area contributed by atoms with E-state index in [0.29, 0.717) is 35.8 Å². The molecule has 0 unspecified atom stereocenters. The normalized spacial score (nSPS) is 20.6. The van der Waals surface area contributed by atoms with Crippen LogP contribution >= 0.6 is 0 Å². The first-order chi connectivity index (χ1) is 18.1. The van der Waals surface area contributed by atoms with E-state index in [0.717, 1.165) is 0 Å². The molecule has 206 valence electrons. The fourth-order valence-corrected chi connectivity index (χ4v) is 4.38. The predicted octanol–water partition coefficient (Wildman–Crippen LogP) is 3.22. The third kappa shape index (κ3) is 7.69. The number of para-hydroxylation sites is 1. The number of carbonyl (C=O) groups is 3. The molecule has 4 amide bonds. The predicted molar refractivity (Wildman–Crippen MR) is 148 cm³/mol. The summed E-state index contributed by atoms with van der Waals surface area (Å²) >= 11 is 0. The van der Waals surface area contributed by atoms with E-state index in [1.165, 1.54) is 0 Å². The molecule has 0 saturated heterocycles. The van der Waals surface area contributed by atoms with Crippen LogP contribution in [0.4, 0.5) is 16.2 Å². The monoisotopic (exact) mass is 525 g/mol. The van der Waals surface area contributed by atoms with E-state index in [1.807, 2.05) is 55.9 Å². The van der Waals surface area contributed by atoms with E-state index in [2.05, 4.69) is 10.6 Å². The van der Waals surface area contributed by atoms with Crippen LogP contribution in [0.3, 0.4) is 0 Å². The summed E-state index contributed by atoms with van der Waals surface area (Å²) in [5.74, 6) is 0.0938. The molecule has 0 spiro atoms. The van der Waals surface area contributed by atoms with Crippen molar-refractivity contribution < 1.29 is 23.9 Å². The SMILES string of the molecule is CO[C@H]1CN(C)C(=O)c2cc(NC(=O)Nc3ccccc3)ccc2OC[C@@H](C)N(C(=O)CN(C)C)C[C@@H]1C. The van der Waals surface area contributed by atoms with Crippen LogP contribution in [0.15, 0.2) is 48.5 Å². The van der Waals surface area contributed by atoms with Crippen LogP contribution in [-0.2, 0) is 9.53 Å². The molecule has 2 aromatic rings.